The number of aromatic nitrogens is 2. The summed E-state index contributed by atoms with van der Waals surface area (Å²) >= 11 is 0. The number of carbonyl (C=O) groups excluding carboxylic acids is 2. The summed E-state index contributed by atoms with van der Waals surface area (Å²) in [6.45, 7) is 4.37. The number of nitrogens with one attached hydrogen (secondary N) is 2. The van der Waals surface area contributed by atoms with Crippen LogP contribution in [0.25, 0.3) is 5.52 Å². The van der Waals surface area contributed by atoms with Gasteiger partial charge < -0.3 is 10.6 Å². The number of aryl methyl sites for hydroxylation is 2. The minimum Gasteiger partial charge on any atom is -0.347 e. The lowest BCUT2D eigenvalue weighted by Gasteiger charge is -2.05. The molecule has 2 amide bonds. The largest absolute Gasteiger partial charge is 0.347 e. The van der Waals surface area contributed by atoms with E-state index in [0.29, 0.717) is 17.7 Å². The van der Waals surface area contributed by atoms with Crippen molar-refractivity contribution in [2.45, 2.75) is 20.4 Å². The summed E-state index contributed by atoms with van der Waals surface area (Å²) in [6, 6.07) is 20.8. The third kappa shape index (κ3) is 4.07. The molecule has 0 unspecified atom stereocenters. The van der Waals surface area contributed by atoms with Gasteiger partial charge in [-0.1, -0.05) is 53.6 Å². The predicted octanol–water partition coefficient (Wildman–Crippen LogP) is 4.13. The molecule has 0 saturated carbocycles. The highest BCUT2D eigenvalue weighted by atomic mass is 16.2. The Hall–Kier alpha value is -3.93. The quantitative estimate of drug-likeness (QED) is 0.531. The fourth-order valence-electron chi connectivity index (χ4n) is 3.28. The van der Waals surface area contributed by atoms with Crippen molar-refractivity contribution in [3.8, 4) is 0 Å². The summed E-state index contributed by atoms with van der Waals surface area (Å²) in [6.07, 6.45) is 1.73. The van der Waals surface area contributed by atoms with Crippen LogP contribution in [0.1, 0.15) is 37.8 Å². The van der Waals surface area contributed by atoms with Gasteiger partial charge in [0, 0.05) is 18.4 Å². The molecule has 150 valence electrons. The average molecular weight is 398 g/mol. The highest BCUT2D eigenvalue weighted by Gasteiger charge is 2.21. The summed E-state index contributed by atoms with van der Waals surface area (Å²) < 4.78 is 1.63. The molecule has 4 aromatic rings. The Labute approximate surface area is 174 Å². The topological polar surface area (TPSA) is 75.5 Å². The maximum absolute atomic E-state index is 12.8. The Morgan fingerprint density at radius 3 is 2.47 bits per heavy atom. The van der Waals surface area contributed by atoms with Crippen LogP contribution < -0.4 is 10.6 Å². The molecule has 0 aliphatic rings. The zero-order valence-electron chi connectivity index (χ0n) is 16.8. The molecule has 2 N–H and O–H groups in total. The summed E-state index contributed by atoms with van der Waals surface area (Å²) in [5.41, 5.74) is 4.70. The smallest absolute Gasteiger partial charge is 0.292 e. The first-order valence-corrected chi connectivity index (χ1v) is 9.70. The average Bonchev–Trinajstić information content (AvgIpc) is 3.14. The molecule has 0 saturated heterocycles. The Morgan fingerprint density at radius 1 is 0.900 bits per heavy atom. The first kappa shape index (κ1) is 19.4. The fraction of sp³-hybridized carbons (Fsp3) is 0.125. The summed E-state index contributed by atoms with van der Waals surface area (Å²) in [7, 11) is 0. The highest BCUT2D eigenvalue weighted by molar-refractivity contribution is 6.06. The van der Waals surface area contributed by atoms with E-state index >= 15 is 0 Å². The van der Waals surface area contributed by atoms with Gasteiger partial charge in [0.25, 0.3) is 11.8 Å². The normalized spacial score (nSPS) is 10.7. The molecule has 2 aromatic carbocycles. The van der Waals surface area contributed by atoms with Crippen molar-refractivity contribution in [3.63, 3.8) is 0 Å². The van der Waals surface area contributed by atoms with Gasteiger partial charge in [0.2, 0.25) is 5.82 Å². The number of imidazole rings is 1. The molecule has 0 aliphatic heterocycles. The van der Waals surface area contributed by atoms with Crippen LogP contribution in [0.3, 0.4) is 0 Å². The molecular weight excluding hydrogens is 376 g/mol. The van der Waals surface area contributed by atoms with E-state index in [9.17, 15) is 9.59 Å². The number of amides is 2. The number of carbonyl (C=O) groups is 2. The molecule has 30 heavy (non-hydrogen) atoms. The van der Waals surface area contributed by atoms with Gasteiger partial charge in [-0.25, -0.2) is 4.98 Å². The Balaban J connectivity index is 1.59. The molecule has 0 fully saturated rings. The van der Waals surface area contributed by atoms with Crippen molar-refractivity contribution in [3.05, 3.63) is 101 Å². The molecule has 0 aliphatic carbocycles. The number of benzene rings is 2. The lowest BCUT2D eigenvalue weighted by molar-refractivity contribution is 0.0948. The van der Waals surface area contributed by atoms with Crippen LogP contribution in [-0.4, -0.2) is 21.2 Å². The van der Waals surface area contributed by atoms with Gasteiger partial charge in [-0.15, -0.1) is 0 Å². The van der Waals surface area contributed by atoms with Crippen LogP contribution in [0.5, 0.6) is 0 Å². The summed E-state index contributed by atoms with van der Waals surface area (Å²) in [4.78, 5) is 30.0. The van der Waals surface area contributed by atoms with E-state index in [-0.39, 0.29) is 23.3 Å². The minimum absolute atomic E-state index is 0.159. The number of nitrogens with zero attached hydrogens (tertiary/aromatic N) is 2. The molecule has 4 rings (SSSR count). The number of hydrogen-bond acceptors (Lipinski definition) is 3. The zero-order chi connectivity index (χ0) is 21.1. The second-order valence-corrected chi connectivity index (χ2v) is 7.23. The predicted molar refractivity (Wildman–Crippen MR) is 117 cm³/mol. The van der Waals surface area contributed by atoms with Crippen molar-refractivity contribution < 1.29 is 9.59 Å². The standard InChI is InChI=1S/C24H22N4O2/c1-16-9-11-19(12-10-16)26-24(30)22-27-21(20-8-3-4-13-28(20)22)23(29)25-15-18-7-5-6-17(2)14-18/h3-14H,15H2,1-2H3,(H,25,29)(H,26,30). The van der Waals surface area contributed by atoms with Crippen LogP contribution in [0.4, 0.5) is 5.69 Å². The fourth-order valence-corrected chi connectivity index (χ4v) is 3.28. The van der Waals surface area contributed by atoms with E-state index in [4.69, 9.17) is 0 Å². The molecule has 0 bridgehead atoms. The SMILES string of the molecule is Cc1ccc(NC(=O)c2nc(C(=O)NCc3cccc(C)c3)c3ccccn23)cc1. The third-order valence-electron chi connectivity index (χ3n) is 4.81. The van der Waals surface area contributed by atoms with Crippen LogP contribution in [0, 0.1) is 13.8 Å². The lowest BCUT2D eigenvalue weighted by Crippen LogP contribution is -2.23. The van der Waals surface area contributed by atoms with Crippen LogP contribution >= 0.6 is 0 Å². The minimum atomic E-state index is -0.377. The van der Waals surface area contributed by atoms with Crippen LogP contribution in [0.15, 0.2) is 72.9 Å². The monoisotopic (exact) mass is 398 g/mol. The molecule has 6 heteroatoms. The van der Waals surface area contributed by atoms with Gasteiger partial charge in [0.05, 0.1) is 5.52 Å². The number of hydrogen-bond donors (Lipinski definition) is 2. The van der Waals surface area contributed by atoms with E-state index in [1.54, 1.807) is 22.7 Å². The van der Waals surface area contributed by atoms with Crippen LogP contribution in [-0.2, 0) is 6.54 Å². The summed E-state index contributed by atoms with van der Waals surface area (Å²) in [5.74, 6) is -0.542. The molecule has 0 spiro atoms. The van der Waals surface area contributed by atoms with Gasteiger partial charge in [-0.2, -0.15) is 0 Å². The van der Waals surface area contributed by atoms with Crippen molar-refractivity contribution in [2.75, 3.05) is 5.32 Å². The highest BCUT2D eigenvalue weighted by Crippen LogP contribution is 2.16. The number of anilines is 1. The molecule has 0 radical (unpaired) electrons. The number of pyridine rings is 1. The van der Waals surface area contributed by atoms with Crippen molar-refractivity contribution in [1.29, 1.82) is 0 Å². The van der Waals surface area contributed by atoms with Gasteiger partial charge in [-0.05, 0) is 43.7 Å². The molecule has 2 heterocycles. The second kappa shape index (κ2) is 8.21. The van der Waals surface area contributed by atoms with E-state index in [0.717, 1.165) is 16.7 Å². The third-order valence-corrected chi connectivity index (χ3v) is 4.81. The van der Waals surface area contributed by atoms with E-state index in [1.807, 2.05) is 68.4 Å². The van der Waals surface area contributed by atoms with E-state index < -0.39 is 0 Å². The second-order valence-electron chi connectivity index (χ2n) is 7.23. The van der Waals surface area contributed by atoms with Crippen molar-refractivity contribution in [2.24, 2.45) is 0 Å². The summed E-state index contributed by atoms with van der Waals surface area (Å²) in [5, 5.41) is 5.74. The molecule has 0 atom stereocenters. The zero-order valence-corrected chi connectivity index (χ0v) is 16.8. The van der Waals surface area contributed by atoms with Crippen molar-refractivity contribution >= 4 is 23.0 Å². The molecular formula is C24H22N4O2. The number of rotatable bonds is 5. The Kier molecular flexibility index (Phi) is 5.30. The lowest BCUT2D eigenvalue weighted by atomic mass is 10.1. The van der Waals surface area contributed by atoms with Gasteiger partial charge in [-0.3, -0.25) is 14.0 Å². The maximum Gasteiger partial charge on any atom is 0.292 e. The first-order valence-electron chi connectivity index (χ1n) is 9.70. The molecule has 2 aromatic heterocycles. The van der Waals surface area contributed by atoms with Gasteiger partial charge in [0.15, 0.2) is 5.69 Å². The Morgan fingerprint density at radius 2 is 1.70 bits per heavy atom. The number of fused-ring (bicyclic) bond motifs is 1. The molecule has 6 nitrogen and oxygen atoms in total. The van der Waals surface area contributed by atoms with Gasteiger partial charge in [0.1, 0.15) is 0 Å². The maximum atomic E-state index is 12.8. The van der Waals surface area contributed by atoms with E-state index in [2.05, 4.69) is 15.6 Å². The van der Waals surface area contributed by atoms with Crippen molar-refractivity contribution in [1.82, 2.24) is 14.7 Å². The van der Waals surface area contributed by atoms with Gasteiger partial charge >= 0.3 is 0 Å². The van der Waals surface area contributed by atoms with Crippen LogP contribution in [0.2, 0.25) is 0 Å². The van der Waals surface area contributed by atoms with E-state index in [1.165, 1.54) is 0 Å². The Bertz CT molecular complexity index is 1230. The first-order chi connectivity index (χ1) is 14.5.